The standard InChI is InChI=1S/C25H29NO2S/c1-5-25(6-2)16-21(29-23-14-18(4)8-13-22(23)25)12-11-20-10-9-19(17-26-20)15-24(27)28-7-3/h8-10,13-14,17,21H,5-7,15-16H2,1-4H3. The summed E-state index contributed by atoms with van der Waals surface area (Å²) in [6, 6.07) is 10.6. The lowest BCUT2D eigenvalue weighted by molar-refractivity contribution is -0.142. The van der Waals surface area contributed by atoms with E-state index < -0.39 is 0 Å². The largest absolute Gasteiger partial charge is 0.466 e. The summed E-state index contributed by atoms with van der Waals surface area (Å²) in [6.07, 6.45) is 5.28. The monoisotopic (exact) mass is 407 g/mol. The van der Waals surface area contributed by atoms with Crippen LogP contribution < -0.4 is 0 Å². The Morgan fingerprint density at radius 2 is 2.03 bits per heavy atom. The number of hydrogen-bond acceptors (Lipinski definition) is 4. The Hall–Kier alpha value is -2.25. The Morgan fingerprint density at radius 1 is 1.24 bits per heavy atom. The van der Waals surface area contributed by atoms with E-state index in [1.165, 1.54) is 16.0 Å². The van der Waals surface area contributed by atoms with Crippen molar-refractivity contribution in [3.05, 3.63) is 58.9 Å². The molecule has 1 atom stereocenters. The molecule has 1 aliphatic rings. The summed E-state index contributed by atoms with van der Waals surface area (Å²) < 4.78 is 4.98. The first-order valence-corrected chi connectivity index (χ1v) is 11.3. The quantitative estimate of drug-likeness (QED) is 0.487. The molecule has 29 heavy (non-hydrogen) atoms. The first-order chi connectivity index (χ1) is 14.0. The van der Waals surface area contributed by atoms with Gasteiger partial charge in [0.25, 0.3) is 0 Å². The van der Waals surface area contributed by atoms with Gasteiger partial charge >= 0.3 is 5.97 Å². The number of benzene rings is 1. The number of pyridine rings is 1. The number of aryl methyl sites for hydroxylation is 1. The minimum Gasteiger partial charge on any atom is -0.466 e. The van der Waals surface area contributed by atoms with Gasteiger partial charge in [0.1, 0.15) is 5.69 Å². The predicted molar refractivity (Wildman–Crippen MR) is 119 cm³/mol. The van der Waals surface area contributed by atoms with Crippen LogP contribution in [0.3, 0.4) is 0 Å². The molecule has 0 aliphatic carbocycles. The van der Waals surface area contributed by atoms with Crippen molar-refractivity contribution in [1.82, 2.24) is 4.98 Å². The summed E-state index contributed by atoms with van der Waals surface area (Å²) in [5.41, 5.74) is 4.57. The van der Waals surface area contributed by atoms with E-state index in [1.54, 1.807) is 6.20 Å². The number of carbonyl (C=O) groups is 1. The molecule has 1 aromatic carbocycles. The Bertz CT molecular complexity index is 920. The van der Waals surface area contributed by atoms with Crippen molar-refractivity contribution in [1.29, 1.82) is 0 Å². The highest BCUT2D eigenvalue weighted by molar-refractivity contribution is 8.00. The highest BCUT2D eigenvalue weighted by Crippen LogP contribution is 2.49. The minimum absolute atomic E-state index is 0.199. The second kappa shape index (κ2) is 9.50. The van der Waals surface area contributed by atoms with Gasteiger partial charge in [-0.05, 0) is 73.3 Å². The molecule has 0 saturated carbocycles. The summed E-state index contributed by atoms with van der Waals surface area (Å²) in [5, 5.41) is 0.255. The predicted octanol–water partition coefficient (Wildman–Crippen LogP) is 5.47. The molecule has 0 bridgehead atoms. The fourth-order valence-electron chi connectivity index (χ4n) is 3.96. The Balaban J connectivity index is 1.78. The van der Waals surface area contributed by atoms with Gasteiger partial charge in [0, 0.05) is 11.1 Å². The number of carbonyl (C=O) groups excluding carboxylic acids is 1. The molecule has 4 heteroatoms. The maximum atomic E-state index is 11.6. The number of thioether (sulfide) groups is 1. The van der Waals surface area contributed by atoms with Gasteiger partial charge in [0.05, 0.1) is 18.3 Å². The van der Waals surface area contributed by atoms with Crippen LogP contribution in [0.25, 0.3) is 0 Å². The van der Waals surface area contributed by atoms with Crippen LogP contribution in [-0.4, -0.2) is 22.8 Å². The first kappa shape index (κ1) is 21.5. The number of esters is 1. The topological polar surface area (TPSA) is 39.2 Å². The molecule has 3 nitrogen and oxygen atoms in total. The molecule has 3 rings (SSSR count). The van der Waals surface area contributed by atoms with E-state index in [4.69, 9.17) is 4.74 Å². The Kier molecular flexibility index (Phi) is 7.03. The van der Waals surface area contributed by atoms with E-state index in [1.807, 2.05) is 30.8 Å². The van der Waals surface area contributed by atoms with Crippen LogP contribution in [0, 0.1) is 18.8 Å². The lowest BCUT2D eigenvalue weighted by atomic mass is 9.72. The van der Waals surface area contributed by atoms with Gasteiger partial charge in [-0.25, -0.2) is 4.98 Å². The van der Waals surface area contributed by atoms with Crippen LogP contribution in [0.1, 0.15) is 62.4 Å². The number of hydrogen-bond donors (Lipinski definition) is 0. The summed E-state index contributed by atoms with van der Waals surface area (Å²) in [6.45, 7) is 8.93. The van der Waals surface area contributed by atoms with Crippen molar-refractivity contribution < 1.29 is 9.53 Å². The fourth-order valence-corrected chi connectivity index (χ4v) is 5.45. The highest BCUT2D eigenvalue weighted by atomic mass is 32.2. The SMILES string of the molecule is CCOC(=O)Cc1ccc(C#CC2CC(CC)(CC)c3ccc(C)cc3S2)nc1. The molecule has 0 saturated heterocycles. The van der Waals surface area contributed by atoms with E-state index in [9.17, 15) is 4.79 Å². The second-order valence-electron chi connectivity index (χ2n) is 7.60. The molecule has 0 spiro atoms. The molecule has 0 amide bonds. The van der Waals surface area contributed by atoms with Crippen LogP contribution in [-0.2, 0) is 21.4 Å². The lowest BCUT2D eigenvalue weighted by Gasteiger charge is -2.40. The van der Waals surface area contributed by atoms with Crippen molar-refractivity contribution in [2.45, 2.75) is 68.9 Å². The maximum Gasteiger partial charge on any atom is 0.310 e. The van der Waals surface area contributed by atoms with Crippen molar-refractivity contribution in [3.8, 4) is 11.8 Å². The molecule has 1 aromatic heterocycles. The zero-order chi connectivity index (χ0) is 20.9. The van der Waals surface area contributed by atoms with E-state index in [0.717, 1.165) is 30.5 Å². The van der Waals surface area contributed by atoms with Gasteiger partial charge in [-0.3, -0.25) is 4.79 Å². The summed E-state index contributed by atoms with van der Waals surface area (Å²) in [4.78, 5) is 17.4. The normalized spacial score (nSPS) is 17.0. The van der Waals surface area contributed by atoms with Gasteiger partial charge in [-0.2, -0.15) is 0 Å². The van der Waals surface area contributed by atoms with Crippen molar-refractivity contribution >= 4 is 17.7 Å². The average molecular weight is 408 g/mol. The molecular formula is C25H29NO2S. The van der Waals surface area contributed by atoms with Gasteiger partial charge in [-0.1, -0.05) is 38.0 Å². The van der Waals surface area contributed by atoms with Gasteiger partial charge in [0.2, 0.25) is 0 Å². The molecule has 152 valence electrons. The maximum absolute atomic E-state index is 11.6. The molecule has 2 aromatic rings. The van der Waals surface area contributed by atoms with Crippen molar-refractivity contribution in [2.24, 2.45) is 0 Å². The lowest BCUT2D eigenvalue weighted by Crippen LogP contribution is -2.32. The number of ether oxygens (including phenoxy) is 1. The number of nitrogens with zero attached hydrogens (tertiary/aromatic N) is 1. The van der Waals surface area contributed by atoms with Crippen molar-refractivity contribution in [3.63, 3.8) is 0 Å². The van der Waals surface area contributed by atoms with Gasteiger partial charge in [-0.15, -0.1) is 11.8 Å². The summed E-state index contributed by atoms with van der Waals surface area (Å²) in [7, 11) is 0. The van der Waals surface area contributed by atoms with Crippen LogP contribution in [0.5, 0.6) is 0 Å². The summed E-state index contributed by atoms with van der Waals surface area (Å²) in [5.74, 6) is 6.49. The molecule has 2 heterocycles. The van der Waals surface area contributed by atoms with E-state index in [2.05, 4.69) is 55.8 Å². The smallest absolute Gasteiger partial charge is 0.310 e. The van der Waals surface area contributed by atoms with E-state index >= 15 is 0 Å². The molecule has 0 fully saturated rings. The Morgan fingerprint density at radius 3 is 2.69 bits per heavy atom. The van der Waals surface area contributed by atoms with Gasteiger partial charge in [0.15, 0.2) is 0 Å². The van der Waals surface area contributed by atoms with Crippen LogP contribution in [0.15, 0.2) is 41.4 Å². The third-order valence-corrected chi connectivity index (χ3v) is 6.91. The molecular weight excluding hydrogens is 378 g/mol. The van der Waals surface area contributed by atoms with E-state index in [-0.39, 0.29) is 23.1 Å². The minimum atomic E-state index is -0.226. The van der Waals surface area contributed by atoms with Crippen LogP contribution in [0.2, 0.25) is 0 Å². The van der Waals surface area contributed by atoms with Crippen molar-refractivity contribution in [2.75, 3.05) is 6.61 Å². The molecule has 0 radical (unpaired) electrons. The third kappa shape index (κ3) is 5.03. The zero-order valence-corrected chi connectivity index (χ0v) is 18.6. The second-order valence-corrected chi connectivity index (χ2v) is 8.85. The zero-order valence-electron chi connectivity index (χ0n) is 17.7. The van der Waals surface area contributed by atoms with Crippen LogP contribution in [0.4, 0.5) is 0 Å². The van der Waals surface area contributed by atoms with E-state index in [0.29, 0.717) is 6.61 Å². The molecule has 1 unspecified atom stereocenters. The molecule has 1 aliphatic heterocycles. The summed E-state index contributed by atoms with van der Waals surface area (Å²) >= 11 is 1.88. The highest BCUT2D eigenvalue weighted by Gasteiger charge is 2.37. The number of aromatic nitrogens is 1. The number of fused-ring (bicyclic) bond motifs is 1. The Labute approximate surface area is 178 Å². The third-order valence-electron chi connectivity index (χ3n) is 5.75. The van der Waals surface area contributed by atoms with Gasteiger partial charge < -0.3 is 4.74 Å². The average Bonchev–Trinajstić information content (AvgIpc) is 2.72. The fraction of sp³-hybridized carbons (Fsp3) is 0.440. The first-order valence-electron chi connectivity index (χ1n) is 10.4. The molecule has 0 N–H and O–H groups in total. The number of rotatable bonds is 5. The van der Waals surface area contributed by atoms with Crippen LogP contribution >= 0.6 is 11.8 Å².